The van der Waals surface area contributed by atoms with E-state index in [4.69, 9.17) is 5.73 Å². The first-order valence-electron chi connectivity index (χ1n) is 6.53. The van der Waals surface area contributed by atoms with Gasteiger partial charge in [-0.05, 0) is 27.7 Å². The number of carbonyl (C=O) groups is 1. The molecular formula is C13H22N4O. The van der Waals surface area contributed by atoms with Gasteiger partial charge in [-0.3, -0.25) is 4.79 Å². The Labute approximate surface area is 108 Å². The molecule has 0 radical (unpaired) electrons. The van der Waals surface area contributed by atoms with Crippen LogP contribution in [-0.4, -0.2) is 32.4 Å². The van der Waals surface area contributed by atoms with Gasteiger partial charge in [0, 0.05) is 36.9 Å². The van der Waals surface area contributed by atoms with E-state index < -0.39 is 0 Å². The van der Waals surface area contributed by atoms with Gasteiger partial charge in [0.15, 0.2) is 0 Å². The van der Waals surface area contributed by atoms with Gasteiger partial charge >= 0.3 is 0 Å². The molecule has 1 aromatic heterocycles. The minimum atomic E-state index is -0.167. The molecule has 1 aliphatic rings. The normalized spacial score (nSPS) is 24.6. The average Bonchev–Trinajstić information content (AvgIpc) is 2.81. The first kappa shape index (κ1) is 13.1. The van der Waals surface area contributed by atoms with Crippen molar-refractivity contribution in [3.63, 3.8) is 0 Å². The standard InChI is InChI=1S/C13H22N4O/c1-8(2)16-6-5-15-13(16)12-10(14)7-11(18)17(12)9(3)4/h5-6,8-10,12H,7,14H2,1-4H3/t10-,12-/m0/s1. The van der Waals surface area contributed by atoms with E-state index in [0.29, 0.717) is 12.5 Å². The van der Waals surface area contributed by atoms with Crippen LogP contribution in [0.15, 0.2) is 12.4 Å². The third-order valence-corrected chi connectivity index (χ3v) is 3.48. The minimum absolute atomic E-state index is 0.102. The highest BCUT2D eigenvalue weighted by Gasteiger charge is 2.42. The van der Waals surface area contributed by atoms with Gasteiger partial charge in [0.05, 0.1) is 0 Å². The van der Waals surface area contributed by atoms with Crippen molar-refractivity contribution in [2.45, 2.75) is 58.3 Å². The molecule has 1 fully saturated rings. The van der Waals surface area contributed by atoms with Gasteiger partial charge in [-0.2, -0.15) is 0 Å². The number of likely N-dealkylation sites (tertiary alicyclic amines) is 1. The summed E-state index contributed by atoms with van der Waals surface area (Å²) in [5, 5.41) is 0. The smallest absolute Gasteiger partial charge is 0.225 e. The van der Waals surface area contributed by atoms with E-state index in [9.17, 15) is 4.79 Å². The summed E-state index contributed by atoms with van der Waals surface area (Å²) in [5.74, 6) is 1.03. The van der Waals surface area contributed by atoms with Gasteiger partial charge in [-0.1, -0.05) is 0 Å². The maximum Gasteiger partial charge on any atom is 0.225 e. The van der Waals surface area contributed by atoms with Crippen molar-refractivity contribution in [3.8, 4) is 0 Å². The van der Waals surface area contributed by atoms with E-state index in [1.807, 2.05) is 24.9 Å². The lowest BCUT2D eigenvalue weighted by atomic mass is 10.1. The van der Waals surface area contributed by atoms with Gasteiger partial charge in [0.2, 0.25) is 5.91 Å². The predicted octanol–water partition coefficient (Wildman–Crippen LogP) is 1.47. The molecule has 0 unspecified atom stereocenters. The molecule has 100 valence electrons. The second kappa shape index (κ2) is 4.72. The van der Waals surface area contributed by atoms with E-state index in [2.05, 4.69) is 23.4 Å². The van der Waals surface area contributed by atoms with Crippen LogP contribution in [0, 0.1) is 0 Å². The number of hydrogen-bond donors (Lipinski definition) is 1. The van der Waals surface area contributed by atoms with Gasteiger partial charge in [-0.15, -0.1) is 0 Å². The Morgan fingerprint density at radius 1 is 1.33 bits per heavy atom. The van der Waals surface area contributed by atoms with Crippen LogP contribution in [-0.2, 0) is 4.79 Å². The zero-order valence-corrected chi connectivity index (χ0v) is 11.5. The van der Waals surface area contributed by atoms with Crippen LogP contribution in [0.2, 0.25) is 0 Å². The molecular weight excluding hydrogens is 228 g/mol. The molecule has 5 nitrogen and oxygen atoms in total. The predicted molar refractivity (Wildman–Crippen MR) is 69.9 cm³/mol. The van der Waals surface area contributed by atoms with E-state index in [1.165, 1.54) is 0 Å². The Bertz CT molecular complexity index is 438. The van der Waals surface area contributed by atoms with Crippen LogP contribution < -0.4 is 5.73 Å². The van der Waals surface area contributed by atoms with Gasteiger partial charge in [-0.25, -0.2) is 4.98 Å². The highest BCUT2D eigenvalue weighted by atomic mass is 16.2. The number of hydrogen-bond acceptors (Lipinski definition) is 3. The number of imidazole rings is 1. The van der Waals surface area contributed by atoms with Crippen LogP contribution in [0.5, 0.6) is 0 Å². The van der Waals surface area contributed by atoms with Gasteiger partial charge in [0.25, 0.3) is 0 Å². The van der Waals surface area contributed by atoms with Gasteiger partial charge < -0.3 is 15.2 Å². The van der Waals surface area contributed by atoms with Gasteiger partial charge in [0.1, 0.15) is 11.9 Å². The molecule has 0 aliphatic carbocycles. The Kier molecular flexibility index (Phi) is 3.43. The summed E-state index contributed by atoms with van der Waals surface area (Å²) in [6.07, 6.45) is 4.14. The molecule has 1 saturated heterocycles. The summed E-state index contributed by atoms with van der Waals surface area (Å²) >= 11 is 0. The summed E-state index contributed by atoms with van der Waals surface area (Å²) in [4.78, 5) is 18.3. The highest BCUT2D eigenvalue weighted by molar-refractivity contribution is 5.80. The fraction of sp³-hybridized carbons (Fsp3) is 0.692. The number of rotatable bonds is 3. The monoisotopic (exact) mass is 250 g/mol. The lowest BCUT2D eigenvalue weighted by Gasteiger charge is -2.30. The van der Waals surface area contributed by atoms with E-state index >= 15 is 0 Å². The number of nitrogens with zero attached hydrogens (tertiary/aromatic N) is 3. The van der Waals surface area contributed by atoms with E-state index in [1.54, 1.807) is 6.20 Å². The van der Waals surface area contributed by atoms with Crippen molar-refractivity contribution in [2.75, 3.05) is 0 Å². The molecule has 2 rings (SSSR count). The molecule has 1 aromatic rings. The summed E-state index contributed by atoms with van der Waals surface area (Å²) < 4.78 is 2.10. The van der Waals surface area contributed by atoms with Crippen LogP contribution in [0.25, 0.3) is 0 Å². The molecule has 1 aliphatic heterocycles. The molecule has 18 heavy (non-hydrogen) atoms. The van der Waals surface area contributed by atoms with Crippen molar-refractivity contribution >= 4 is 5.91 Å². The van der Waals surface area contributed by atoms with Crippen molar-refractivity contribution in [3.05, 3.63) is 18.2 Å². The second-order valence-electron chi connectivity index (χ2n) is 5.49. The number of aromatic nitrogens is 2. The molecule has 0 bridgehead atoms. The summed E-state index contributed by atoms with van der Waals surface area (Å²) in [6.45, 7) is 8.25. The zero-order valence-electron chi connectivity index (χ0n) is 11.5. The SMILES string of the molecule is CC(C)N1C(=O)C[C@H](N)[C@H]1c1nccn1C(C)C. The molecule has 0 saturated carbocycles. The molecule has 0 aromatic carbocycles. The topological polar surface area (TPSA) is 64.2 Å². The summed E-state index contributed by atoms with van der Waals surface area (Å²) in [5.41, 5.74) is 6.14. The lowest BCUT2D eigenvalue weighted by Crippen LogP contribution is -2.39. The zero-order chi connectivity index (χ0) is 13.4. The molecule has 0 spiro atoms. The van der Waals surface area contributed by atoms with Crippen molar-refractivity contribution in [1.82, 2.24) is 14.5 Å². The minimum Gasteiger partial charge on any atom is -0.331 e. The molecule has 1 amide bonds. The molecule has 2 atom stereocenters. The van der Waals surface area contributed by atoms with Crippen molar-refractivity contribution in [2.24, 2.45) is 5.73 Å². The number of nitrogens with two attached hydrogens (primary N) is 1. The Morgan fingerprint density at radius 3 is 2.56 bits per heavy atom. The van der Waals surface area contributed by atoms with E-state index in [0.717, 1.165) is 5.82 Å². The maximum absolute atomic E-state index is 12.0. The largest absolute Gasteiger partial charge is 0.331 e. The Morgan fingerprint density at radius 2 is 2.00 bits per heavy atom. The molecule has 5 heteroatoms. The van der Waals surface area contributed by atoms with Crippen LogP contribution in [0.4, 0.5) is 0 Å². The first-order valence-corrected chi connectivity index (χ1v) is 6.53. The van der Waals surface area contributed by atoms with E-state index in [-0.39, 0.29) is 24.0 Å². The Hall–Kier alpha value is -1.36. The number of amides is 1. The Balaban J connectivity index is 2.41. The quantitative estimate of drug-likeness (QED) is 0.883. The fourth-order valence-electron chi connectivity index (χ4n) is 2.70. The molecule has 2 heterocycles. The molecule has 2 N–H and O–H groups in total. The van der Waals surface area contributed by atoms with Crippen LogP contribution in [0.3, 0.4) is 0 Å². The van der Waals surface area contributed by atoms with Crippen molar-refractivity contribution < 1.29 is 4.79 Å². The van der Waals surface area contributed by atoms with Crippen molar-refractivity contribution in [1.29, 1.82) is 0 Å². The summed E-state index contributed by atoms with van der Waals surface area (Å²) in [7, 11) is 0. The number of carbonyl (C=O) groups excluding carboxylic acids is 1. The maximum atomic E-state index is 12.0. The average molecular weight is 250 g/mol. The third-order valence-electron chi connectivity index (χ3n) is 3.48. The van der Waals surface area contributed by atoms with Crippen LogP contribution in [0.1, 0.15) is 52.0 Å². The second-order valence-corrected chi connectivity index (χ2v) is 5.49. The summed E-state index contributed by atoms with van der Waals surface area (Å²) in [6, 6.07) is 0.197. The first-order chi connectivity index (χ1) is 8.43. The highest BCUT2D eigenvalue weighted by Crippen LogP contribution is 2.33. The lowest BCUT2D eigenvalue weighted by molar-refractivity contribution is -0.130. The fourth-order valence-corrected chi connectivity index (χ4v) is 2.70. The third kappa shape index (κ3) is 2.03. The van der Waals surface area contributed by atoms with Crippen LogP contribution >= 0.6 is 0 Å².